The summed E-state index contributed by atoms with van der Waals surface area (Å²) in [4.78, 5) is 0.361. The Labute approximate surface area is 115 Å². The van der Waals surface area contributed by atoms with E-state index in [1.165, 1.54) is 0 Å². The molecule has 2 rings (SSSR count). The van der Waals surface area contributed by atoms with Crippen LogP contribution >= 0.6 is 0 Å². The van der Waals surface area contributed by atoms with Crippen LogP contribution in [0.5, 0.6) is 0 Å². The molecule has 5 heteroatoms. The summed E-state index contributed by atoms with van der Waals surface area (Å²) in [6.07, 6.45) is 3.84. The molecule has 0 atom stereocenters. The van der Waals surface area contributed by atoms with Gasteiger partial charge in [0, 0.05) is 12.1 Å². The molecule has 1 saturated carbocycles. The van der Waals surface area contributed by atoms with Crippen LogP contribution in [0.2, 0.25) is 0 Å². The van der Waals surface area contributed by atoms with Gasteiger partial charge >= 0.3 is 0 Å². The predicted octanol–water partition coefficient (Wildman–Crippen LogP) is 2.02. The molecule has 0 heterocycles. The Morgan fingerprint density at radius 2 is 2.05 bits per heavy atom. The van der Waals surface area contributed by atoms with Crippen LogP contribution in [-0.4, -0.2) is 21.0 Å². The standard InChI is InChI=1S/C14H22N2O2S/c1-3-14(8-5-9-14)16-19(17,18)13-7-4-6-12(10-13)11-15-2/h4,6-7,10,15-16H,3,5,8-9,11H2,1-2H3. The average molecular weight is 282 g/mol. The highest BCUT2D eigenvalue weighted by Gasteiger charge is 2.39. The summed E-state index contributed by atoms with van der Waals surface area (Å²) >= 11 is 0. The minimum atomic E-state index is -3.41. The third-order valence-electron chi connectivity index (χ3n) is 3.93. The Hall–Kier alpha value is -0.910. The second-order valence-electron chi connectivity index (χ2n) is 5.27. The van der Waals surface area contributed by atoms with Gasteiger partial charge in [-0.05, 0) is 50.4 Å². The zero-order chi connectivity index (χ0) is 13.9. The van der Waals surface area contributed by atoms with E-state index in [-0.39, 0.29) is 5.54 Å². The van der Waals surface area contributed by atoms with E-state index in [2.05, 4.69) is 10.0 Å². The Balaban J connectivity index is 2.21. The Morgan fingerprint density at radius 3 is 2.58 bits per heavy atom. The monoisotopic (exact) mass is 282 g/mol. The summed E-state index contributed by atoms with van der Waals surface area (Å²) in [7, 11) is -1.56. The minimum Gasteiger partial charge on any atom is -0.316 e. The first kappa shape index (κ1) is 14.5. The fraction of sp³-hybridized carbons (Fsp3) is 0.571. The second kappa shape index (κ2) is 5.61. The molecule has 2 N–H and O–H groups in total. The lowest BCUT2D eigenvalue weighted by molar-refractivity contribution is 0.214. The average Bonchev–Trinajstić information content (AvgIpc) is 2.35. The van der Waals surface area contributed by atoms with Crippen LogP contribution in [0, 0.1) is 0 Å². The lowest BCUT2D eigenvalue weighted by Gasteiger charge is -2.41. The quantitative estimate of drug-likeness (QED) is 0.839. The highest BCUT2D eigenvalue weighted by Crippen LogP contribution is 2.36. The van der Waals surface area contributed by atoms with Crippen molar-refractivity contribution in [3.8, 4) is 0 Å². The summed E-state index contributed by atoms with van der Waals surface area (Å²) < 4.78 is 27.7. The van der Waals surface area contributed by atoms with Crippen LogP contribution in [0.15, 0.2) is 29.2 Å². The number of rotatable bonds is 6. The van der Waals surface area contributed by atoms with Crippen molar-refractivity contribution in [3.05, 3.63) is 29.8 Å². The lowest BCUT2D eigenvalue weighted by Crippen LogP contribution is -2.52. The van der Waals surface area contributed by atoms with Crippen LogP contribution in [-0.2, 0) is 16.6 Å². The molecule has 1 aromatic carbocycles. The zero-order valence-electron chi connectivity index (χ0n) is 11.6. The van der Waals surface area contributed by atoms with Crippen LogP contribution in [0.25, 0.3) is 0 Å². The Bertz CT molecular complexity index is 531. The smallest absolute Gasteiger partial charge is 0.241 e. The topological polar surface area (TPSA) is 58.2 Å². The molecule has 0 unspecified atom stereocenters. The van der Waals surface area contributed by atoms with Crippen molar-refractivity contribution in [1.82, 2.24) is 10.0 Å². The summed E-state index contributed by atoms with van der Waals surface area (Å²) in [6, 6.07) is 7.11. The van der Waals surface area contributed by atoms with Gasteiger partial charge in [0.1, 0.15) is 0 Å². The fourth-order valence-corrected chi connectivity index (χ4v) is 4.10. The van der Waals surface area contributed by atoms with Gasteiger partial charge in [0.05, 0.1) is 4.90 Å². The van der Waals surface area contributed by atoms with Crippen molar-refractivity contribution >= 4 is 10.0 Å². The van der Waals surface area contributed by atoms with Crippen molar-refractivity contribution in [2.24, 2.45) is 0 Å². The van der Waals surface area contributed by atoms with Crippen LogP contribution in [0.1, 0.15) is 38.2 Å². The third-order valence-corrected chi connectivity index (χ3v) is 5.50. The van der Waals surface area contributed by atoms with Crippen molar-refractivity contribution in [2.75, 3.05) is 7.05 Å². The zero-order valence-corrected chi connectivity index (χ0v) is 12.4. The molecule has 4 nitrogen and oxygen atoms in total. The van der Waals surface area contributed by atoms with Gasteiger partial charge in [-0.3, -0.25) is 0 Å². The number of hydrogen-bond donors (Lipinski definition) is 2. The lowest BCUT2D eigenvalue weighted by atomic mass is 9.76. The van der Waals surface area contributed by atoms with Gasteiger partial charge in [-0.25, -0.2) is 13.1 Å². The van der Waals surface area contributed by atoms with Gasteiger partial charge in [0.2, 0.25) is 10.0 Å². The van der Waals surface area contributed by atoms with Gasteiger partial charge in [0.25, 0.3) is 0 Å². The van der Waals surface area contributed by atoms with E-state index in [9.17, 15) is 8.42 Å². The number of nitrogens with one attached hydrogen (secondary N) is 2. The fourth-order valence-electron chi connectivity index (χ4n) is 2.50. The first-order chi connectivity index (χ1) is 9.01. The second-order valence-corrected chi connectivity index (χ2v) is 6.95. The molecule has 0 spiro atoms. The van der Waals surface area contributed by atoms with Gasteiger partial charge in [0.15, 0.2) is 0 Å². The normalized spacial score (nSPS) is 18.0. The maximum absolute atomic E-state index is 12.4. The molecule has 0 aromatic heterocycles. The summed E-state index contributed by atoms with van der Waals surface area (Å²) in [6.45, 7) is 2.71. The summed E-state index contributed by atoms with van der Waals surface area (Å²) in [5.74, 6) is 0. The molecular formula is C14H22N2O2S. The molecular weight excluding hydrogens is 260 g/mol. The maximum atomic E-state index is 12.4. The molecule has 0 aliphatic heterocycles. The maximum Gasteiger partial charge on any atom is 0.241 e. The Kier molecular flexibility index (Phi) is 4.28. The van der Waals surface area contributed by atoms with Crippen molar-refractivity contribution < 1.29 is 8.42 Å². The largest absolute Gasteiger partial charge is 0.316 e. The Morgan fingerprint density at radius 1 is 1.32 bits per heavy atom. The molecule has 0 bridgehead atoms. The van der Waals surface area contributed by atoms with Gasteiger partial charge in [-0.2, -0.15) is 0 Å². The SMILES string of the molecule is CCC1(NS(=O)(=O)c2cccc(CNC)c2)CCC1. The summed E-state index contributed by atoms with van der Waals surface area (Å²) in [5, 5.41) is 3.03. The van der Waals surface area contributed by atoms with E-state index in [1.807, 2.05) is 20.0 Å². The van der Waals surface area contributed by atoms with E-state index < -0.39 is 10.0 Å². The van der Waals surface area contributed by atoms with Crippen molar-refractivity contribution in [2.45, 2.75) is 49.6 Å². The minimum absolute atomic E-state index is 0.210. The first-order valence-electron chi connectivity index (χ1n) is 6.79. The molecule has 19 heavy (non-hydrogen) atoms. The number of benzene rings is 1. The summed E-state index contributed by atoms with van der Waals surface area (Å²) in [5.41, 5.74) is 0.766. The number of hydrogen-bond acceptors (Lipinski definition) is 3. The van der Waals surface area contributed by atoms with Crippen LogP contribution < -0.4 is 10.0 Å². The van der Waals surface area contributed by atoms with E-state index in [1.54, 1.807) is 18.2 Å². The molecule has 1 aliphatic carbocycles. The van der Waals surface area contributed by atoms with Crippen molar-refractivity contribution in [3.63, 3.8) is 0 Å². The van der Waals surface area contributed by atoms with Gasteiger partial charge < -0.3 is 5.32 Å². The van der Waals surface area contributed by atoms with Gasteiger partial charge in [-0.1, -0.05) is 19.1 Å². The first-order valence-corrected chi connectivity index (χ1v) is 8.27. The molecule has 106 valence electrons. The molecule has 0 amide bonds. The molecule has 1 aromatic rings. The third kappa shape index (κ3) is 3.16. The van der Waals surface area contributed by atoms with E-state index in [4.69, 9.17) is 0 Å². The van der Waals surface area contributed by atoms with Crippen LogP contribution in [0.4, 0.5) is 0 Å². The predicted molar refractivity (Wildman–Crippen MR) is 76.4 cm³/mol. The molecule has 1 fully saturated rings. The highest BCUT2D eigenvalue weighted by atomic mass is 32.2. The number of sulfonamides is 1. The van der Waals surface area contributed by atoms with E-state index in [0.717, 1.165) is 31.2 Å². The van der Waals surface area contributed by atoms with E-state index in [0.29, 0.717) is 11.4 Å². The van der Waals surface area contributed by atoms with Crippen molar-refractivity contribution in [1.29, 1.82) is 0 Å². The van der Waals surface area contributed by atoms with E-state index >= 15 is 0 Å². The molecule has 0 radical (unpaired) electrons. The van der Waals surface area contributed by atoms with Gasteiger partial charge in [-0.15, -0.1) is 0 Å². The van der Waals surface area contributed by atoms with Crippen LogP contribution in [0.3, 0.4) is 0 Å². The highest BCUT2D eigenvalue weighted by molar-refractivity contribution is 7.89. The molecule has 0 saturated heterocycles. The molecule has 1 aliphatic rings.